The molecule has 0 N–H and O–H groups in total. The monoisotopic (exact) mass is 325 g/mol. The highest BCUT2D eigenvalue weighted by Gasteiger charge is 2.21. The van der Waals surface area contributed by atoms with Gasteiger partial charge < -0.3 is 0 Å². The molecule has 4 aromatic rings. The average molecular weight is 325 g/mol. The zero-order valence-corrected chi connectivity index (χ0v) is 14.0. The van der Waals surface area contributed by atoms with Crippen molar-refractivity contribution in [2.75, 3.05) is 0 Å². The summed E-state index contributed by atoms with van der Waals surface area (Å²) in [6.45, 7) is 9.34. The van der Waals surface area contributed by atoms with Gasteiger partial charge in [0.2, 0.25) is 0 Å². The predicted molar refractivity (Wildman–Crippen MR) is 107 cm³/mol. The fraction of sp³-hybridized carbons (Fsp3) is 0.0455. The molecule has 0 aliphatic heterocycles. The van der Waals surface area contributed by atoms with E-state index in [-0.39, 0.29) is 0 Å². The first kappa shape index (κ1) is 15.2. The Morgan fingerprint density at radius 1 is 0.760 bits per heavy atom. The molecule has 0 radical (unpaired) electrons. The molecule has 1 aromatic heterocycles. The van der Waals surface area contributed by atoms with Crippen LogP contribution in [0.1, 0.15) is 5.56 Å². The standard InChI is InChI=1S/C22H17N2O/c1-14-6-4-5-7-17(14)22-18-10-8-15(23-2)12-20(18)25-21-13-16(24-3)9-11-19(21)22/h4-13H,2-3H2,1H3/q+1. The van der Waals surface area contributed by atoms with Crippen molar-refractivity contribution in [3.05, 3.63) is 66.2 Å². The van der Waals surface area contributed by atoms with Gasteiger partial charge in [0.25, 0.3) is 0 Å². The molecule has 0 unspecified atom stereocenters. The Balaban J connectivity index is 2.20. The molecule has 0 saturated carbocycles. The summed E-state index contributed by atoms with van der Waals surface area (Å²) in [4.78, 5) is 8.03. The van der Waals surface area contributed by atoms with Crippen LogP contribution in [0.3, 0.4) is 0 Å². The third-order valence-corrected chi connectivity index (χ3v) is 4.47. The Morgan fingerprint density at radius 3 is 1.84 bits per heavy atom. The van der Waals surface area contributed by atoms with E-state index in [2.05, 4.69) is 54.6 Å². The van der Waals surface area contributed by atoms with E-state index >= 15 is 0 Å². The van der Waals surface area contributed by atoms with Gasteiger partial charge in [0.15, 0.2) is 0 Å². The molecule has 3 aromatic carbocycles. The van der Waals surface area contributed by atoms with Crippen molar-refractivity contribution >= 4 is 46.7 Å². The van der Waals surface area contributed by atoms with E-state index in [1.54, 1.807) is 0 Å². The molecular weight excluding hydrogens is 308 g/mol. The molecule has 0 spiro atoms. The second-order valence-corrected chi connectivity index (χ2v) is 5.97. The molecule has 0 aliphatic rings. The number of hydrogen-bond donors (Lipinski definition) is 0. The summed E-state index contributed by atoms with van der Waals surface area (Å²) >= 11 is 0. The molecule has 4 rings (SSSR count). The van der Waals surface area contributed by atoms with Crippen LogP contribution >= 0.6 is 0 Å². The molecule has 0 saturated heterocycles. The zero-order valence-electron chi connectivity index (χ0n) is 14.0. The highest BCUT2D eigenvalue weighted by Crippen LogP contribution is 2.39. The normalized spacial score (nSPS) is 10.9. The number of rotatable bonds is 3. The summed E-state index contributed by atoms with van der Waals surface area (Å²) in [5.41, 5.74) is 6.67. The number of aryl methyl sites for hydroxylation is 1. The molecule has 0 aliphatic carbocycles. The maximum atomic E-state index is 6.16. The fourth-order valence-corrected chi connectivity index (χ4v) is 3.21. The van der Waals surface area contributed by atoms with E-state index in [9.17, 15) is 0 Å². The molecule has 0 amide bonds. The molecule has 0 atom stereocenters. The van der Waals surface area contributed by atoms with Crippen molar-refractivity contribution in [1.82, 2.24) is 0 Å². The lowest BCUT2D eigenvalue weighted by atomic mass is 9.94. The lowest BCUT2D eigenvalue weighted by Gasteiger charge is -2.09. The van der Waals surface area contributed by atoms with Gasteiger partial charge in [-0.15, -0.1) is 0 Å². The van der Waals surface area contributed by atoms with E-state index < -0.39 is 0 Å². The van der Waals surface area contributed by atoms with E-state index in [0.717, 1.165) is 38.9 Å². The van der Waals surface area contributed by atoms with Crippen LogP contribution in [0.15, 0.2) is 75.1 Å². The molecule has 3 nitrogen and oxygen atoms in total. The van der Waals surface area contributed by atoms with Gasteiger partial charge >= 0.3 is 11.2 Å². The summed E-state index contributed by atoms with van der Waals surface area (Å²) in [5.74, 6) is 0. The predicted octanol–water partition coefficient (Wildman–Crippen LogP) is 6.51. The maximum Gasteiger partial charge on any atom is 0.363 e. The quantitative estimate of drug-likeness (QED) is 0.240. The number of aliphatic imine (C=N–C) groups is 2. The molecule has 25 heavy (non-hydrogen) atoms. The molecular formula is C22H17N2O+. The highest BCUT2D eigenvalue weighted by molar-refractivity contribution is 6.09. The van der Waals surface area contributed by atoms with Gasteiger partial charge in [0.1, 0.15) is 0 Å². The first-order chi connectivity index (χ1) is 12.2. The topological polar surface area (TPSA) is 36.0 Å². The third-order valence-electron chi connectivity index (χ3n) is 4.47. The Morgan fingerprint density at radius 2 is 1.32 bits per heavy atom. The van der Waals surface area contributed by atoms with Crippen LogP contribution in [-0.4, -0.2) is 13.4 Å². The molecule has 0 bridgehead atoms. The molecule has 3 heteroatoms. The van der Waals surface area contributed by atoms with Gasteiger partial charge in [-0.3, -0.25) is 9.98 Å². The minimum absolute atomic E-state index is 0.775. The third kappa shape index (κ3) is 2.50. The van der Waals surface area contributed by atoms with Gasteiger partial charge in [-0.05, 0) is 55.8 Å². The van der Waals surface area contributed by atoms with Crippen molar-refractivity contribution in [2.45, 2.75) is 6.92 Å². The number of benzene rings is 3. The van der Waals surface area contributed by atoms with E-state index in [1.165, 1.54) is 11.1 Å². The van der Waals surface area contributed by atoms with Crippen molar-refractivity contribution in [1.29, 1.82) is 0 Å². The average Bonchev–Trinajstić information content (AvgIpc) is 2.65. The van der Waals surface area contributed by atoms with Crippen molar-refractivity contribution in [3.63, 3.8) is 0 Å². The number of nitrogens with zero attached hydrogens (tertiary/aromatic N) is 2. The molecule has 1 heterocycles. The maximum absolute atomic E-state index is 6.16. The Kier molecular flexibility index (Phi) is 3.62. The SMILES string of the molecule is C=Nc1ccc2c(-c3ccccc3C)c3ccc(N=C)cc3[o+]c2c1. The van der Waals surface area contributed by atoms with Gasteiger partial charge in [-0.1, -0.05) is 24.3 Å². The second kappa shape index (κ2) is 5.95. The summed E-state index contributed by atoms with van der Waals surface area (Å²) in [7, 11) is 0. The van der Waals surface area contributed by atoms with Crippen molar-refractivity contribution in [2.24, 2.45) is 9.98 Å². The van der Waals surface area contributed by atoms with Crippen LogP contribution < -0.4 is 0 Å². The van der Waals surface area contributed by atoms with Crippen LogP contribution in [-0.2, 0) is 0 Å². The van der Waals surface area contributed by atoms with Crippen molar-refractivity contribution < 1.29 is 4.42 Å². The van der Waals surface area contributed by atoms with Gasteiger partial charge in [-0.2, -0.15) is 0 Å². The van der Waals surface area contributed by atoms with Crippen LogP contribution in [0.5, 0.6) is 0 Å². The van der Waals surface area contributed by atoms with E-state index in [4.69, 9.17) is 4.42 Å². The van der Waals surface area contributed by atoms with Gasteiger partial charge in [0.05, 0.1) is 34.3 Å². The second-order valence-electron chi connectivity index (χ2n) is 5.97. The molecule has 120 valence electrons. The molecule has 0 fully saturated rings. The van der Waals surface area contributed by atoms with Crippen LogP contribution in [0.2, 0.25) is 0 Å². The van der Waals surface area contributed by atoms with Crippen LogP contribution in [0, 0.1) is 6.92 Å². The highest BCUT2D eigenvalue weighted by atomic mass is 16.3. The summed E-state index contributed by atoms with van der Waals surface area (Å²) in [6, 6.07) is 20.2. The largest absolute Gasteiger partial charge is 0.363 e. The first-order valence-corrected chi connectivity index (χ1v) is 8.04. The lowest BCUT2D eigenvalue weighted by molar-refractivity contribution is 0.661. The summed E-state index contributed by atoms with van der Waals surface area (Å²) in [6.07, 6.45) is 0. The smallest absolute Gasteiger partial charge is 0.264 e. The summed E-state index contributed by atoms with van der Waals surface area (Å²) in [5, 5.41) is 2.10. The van der Waals surface area contributed by atoms with Gasteiger partial charge in [0, 0.05) is 5.56 Å². The first-order valence-electron chi connectivity index (χ1n) is 8.04. The van der Waals surface area contributed by atoms with E-state index in [0.29, 0.717) is 0 Å². The number of hydrogen-bond acceptors (Lipinski definition) is 2. The van der Waals surface area contributed by atoms with Crippen LogP contribution in [0.25, 0.3) is 33.1 Å². The van der Waals surface area contributed by atoms with Crippen LogP contribution in [0.4, 0.5) is 11.4 Å². The Labute approximate surface area is 146 Å². The lowest BCUT2D eigenvalue weighted by Crippen LogP contribution is -1.88. The number of fused-ring (bicyclic) bond motifs is 2. The van der Waals surface area contributed by atoms with Gasteiger partial charge in [-0.25, -0.2) is 4.42 Å². The van der Waals surface area contributed by atoms with E-state index in [1.807, 2.05) is 36.4 Å². The minimum Gasteiger partial charge on any atom is -0.264 e. The van der Waals surface area contributed by atoms with Crippen molar-refractivity contribution in [3.8, 4) is 11.1 Å². The fourth-order valence-electron chi connectivity index (χ4n) is 3.21. The minimum atomic E-state index is 0.775. The summed E-state index contributed by atoms with van der Waals surface area (Å²) < 4.78 is 6.16. The zero-order chi connectivity index (χ0) is 17.4. The Hall–Kier alpha value is -3.33. The Bertz CT molecular complexity index is 1080.